The Morgan fingerprint density at radius 2 is 1.80 bits per heavy atom. The van der Waals surface area contributed by atoms with Crippen LogP contribution in [-0.4, -0.2) is 13.0 Å². The van der Waals surface area contributed by atoms with Crippen LogP contribution in [0.3, 0.4) is 0 Å². The lowest BCUT2D eigenvalue weighted by Crippen LogP contribution is -2.17. The molecule has 128 valence electrons. The van der Waals surface area contributed by atoms with Crippen molar-refractivity contribution in [2.45, 2.75) is 13.8 Å². The van der Waals surface area contributed by atoms with E-state index in [4.69, 9.17) is 9.15 Å². The lowest BCUT2D eigenvalue weighted by molar-refractivity contribution is -0.118. The maximum Gasteiger partial charge on any atom is 0.226 e. The normalized spacial score (nSPS) is 10.9. The summed E-state index contributed by atoms with van der Waals surface area (Å²) < 4.78 is 11.0. The smallest absolute Gasteiger partial charge is 0.226 e. The molecule has 25 heavy (non-hydrogen) atoms. The van der Waals surface area contributed by atoms with Gasteiger partial charge in [0.15, 0.2) is 5.43 Å². The molecule has 1 heterocycles. The van der Waals surface area contributed by atoms with Gasteiger partial charge in [0.2, 0.25) is 5.91 Å². The number of fused-ring (bicyclic) bond motifs is 1. The zero-order chi connectivity index (χ0) is 18.0. The lowest BCUT2D eigenvalue weighted by atomic mass is 10.1. The average molecular weight is 337 g/mol. The predicted octanol–water partition coefficient (Wildman–Crippen LogP) is 4.06. The van der Waals surface area contributed by atoms with Gasteiger partial charge in [0.1, 0.15) is 17.1 Å². The van der Waals surface area contributed by atoms with E-state index in [1.54, 1.807) is 25.3 Å². The lowest BCUT2D eigenvalue weighted by Gasteiger charge is -2.09. The molecule has 0 aliphatic carbocycles. The highest BCUT2D eigenvalue weighted by Gasteiger charge is 2.11. The van der Waals surface area contributed by atoms with E-state index in [0.29, 0.717) is 22.4 Å². The summed E-state index contributed by atoms with van der Waals surface area (Å²) in [5.74, 6) is 0.986. The number of rotatable bonds is 4. The molecule has 0 bridgehead atoms. The minimum absolute atomic E-state index is 0.0985. The summed E-state index contributed by atoms with van der Waals surface area (Å²) in [7, 11) is 1.60. The molecule has 0 fully saturated rings. The Labute approximate surface area is 145 Å². The first kappa shape index (κ1) is 16.8. The number of carbonyl (C=O) groups excluding carboxylic acids is 1. The van der Waals surface area contributed by atoms with E-state index in [9.17, 15) is 9.59 Å². The molecule has 2 aromatic carbocycles. The predicted molar refractivity (Wildman–Crippen MR) is 97.9 cm³/mol. The van der Waals surface area contributed by atoms with Crippen LogP contribution < -0.4 is 15.5 Å². The van der Waals surface area contributed by atoms with Crippen molar-refractivity contribution in [3.63, 3.8) is 0 Å². The number of benzene rings is 2. The summed E-state index contributed by atoms with van der Waals surface area (Å²) in [6.45, 7) is 3.62. The molecule has 1 amide bonds. The summed E-state index contributed by atoms with van der Waals surface area (Å²) in [4.78, 5) is 24.3. The van der Waals surface area contributed by atoms with Gasteiger partial charge in [-0.1, -0.05) is 13.8 Å². The molecule has 0 radical (unpaired) electrons. The van der Waals surface area contributed by atoms with Crippen LogP contribution in [0.2, 0.25) is 0 Å². The van der Waals surface area contributed by atoms with Gasteiger partial charge in [-0.25, -0.2) is 0 Å². The molecule has 0 aliphatic rings. The van der Waals surface area contributed by atoms with Gasteiger partial charge >= 0.3 is 0 Å². The minimum Gasteiger partial charge on any atom is -0.497 e. The van der Waals surface area contributed by atoms with Crippen molar-refractivity contribution in [1.29, 1.82) is 0 Å². The van der Waals surface area contributed by atoms with Gasteiger partial charge in [-0.3, -0.25) is 9.59 Å². The van der Waals surface area contributed by atoms with E-state index in [1.165, 1.54) is 6.07 Å². The second-order valence-corrected chi connectivity index (χ2v) is 6.06. The van der Waals surface area contributed by atoms with Crippen molar-refractivity contribution in [3.8, 4) is 17.1 Å². The monoisotopic (exact) mass is 337 g/mol. The minimum atomic E-state index is -0.160. The van der Waals surface area contributed by atoms with Gasteiger partial charge < -0.3 is 14.5 Å². The maximum atomic E-state index is 12.5. The molecule has 1 aromatic heterocycles. The van der Waals surface area contributed by atoms with Crippen LogP contribution in [0.5, 0.6) is 5.75 Å². The molecular formula is C20H19NO4. The highest BCUT2D eigenvalue weighted by Crippen LogP contribution is 2.25. The number of hydrogen-bond donors (Lipinski definition) is 1. The Balaban J connectivity index is 1.99. The van der Waals surface area contributed by atoms with Gasteiger partial charge in [-0.15, -0.1) is 0 Å². The second kappa shape index (κ2) is 6.81. The highest BCUT2D eigenvalue weighted by atomic mass is 16.5. The fourth-order valence-electron chi connectivity index (χ4n) is 2.42. The fraction of sp³-hybridized carbons (Fsp3) is 0.200. The average Bonchev–Trinajstić information content (AvgIpc) is 2.62. The molecule has 0 atom stereocenters. The van der Waals surface area contributed by atoms with Crippen molar-refractivity contribution < 1.29 is 13.9 Å². The summed E-state index contributed by atoms with van der Waals surface area (Å²) in [5.41, 5.74) is 1.68. The van der Waals surface area contributed by atoms with Crippen molar-refractivity contribution in [1.82, 2.24) is 0 Å². The number of methoxy groups -OCH3 is 1. The van der Waals surface area contributed by atoms with E-state index in [2.05, 4.69) is 5.32 Å². The van der Waals surface area contributed by atoms with Crippen LogP contribution >= 0.6 is 0 Å². The van der Waals surface area contributed by atoms with Crippen LogP contribution in [0.4, 0.5) is 5.69 Å². The number of hydrogen-bond acceptors (Lipinski definition) is 4. The van der Waals surface area contributed by atoms with Crippen LogP contribution in [0, 0.1) is 5.92 Å². The first-order valence-electron chi connectivity index (χ1n) is 8.01. The Morgan fingerprint density at radius 1 is 1.08 bits per heavy atom. The molecule has 0 aliphatic heterocycles. The molecule has 1 N–H and O–H groups in total. The molecule has 3 rings (SSSR count). The Morgan fingerprint density at radius 3 is 2.44 bits per heavy atom. The van der Waals surface area contributed by atoms with Crippen molar-refractivity contribution in [3.05, 3.63) is 58.8 Å². The van der Waals surface area contributed by atoms with E-state index in [1.807, 2.05) is 38.1 Å². The number of carbonyl (C=O) groups is 1. The summed E-state index contributed by atoms with van der Waals surface area (Å²) in [6.07, 6.45) is 0. The third-order valence-electron chi connectivity index (χ3n) is 3.89. The van der Waals surface area contributed by atoms with Crippen LogP contribution in [0.25, 0.3) is 22.3 Å². The standard InChI is InChI=1S/C20H19NO4/c1-12(2)20(23)21-14-6-9-18-16(10-14)17(22)11-19(25-18)13-4-7-15(24-3)8-5-13/h4-12H,1-3H3,(H,21,23). The first-order valence-corrected chi connectivity index (χ1v) is 8.01. The summed E-state index contributed by atoms with van der Waals surface area (Å²) in [5, 5.41) is 3.22. The SMILES string of the molecule is COc1ccc(-c2cc(=O)c3cc(NC(=O)C(C)C)ccc3o2)cc1. The largest absolute Gasteiger partial charge is 0.497 e. The van der Waals surface area contributed by atoms with Crippen molar-refractivity contribution >= 4 is 22.6 Å². The summed E-state index contributed by atoms with van der Waals surface area (Å²) >= 11 is 0. The van der Waals surface area contributed by atoms with Crippen molar-refractivity contribution in [2.24, 2.45) is 5.92 Å². The Hall–Kier alpha value is -3.08. The second-order valence-electron chi connectivity index (χ2n) is 6.06. The molecular weight excluding hydrogens is 318 g/mol. The van der Waals surface area contributed by atoms with E-state index >= 15 is 0 Å². The fourth-order valence-corrected chi connectivity index (χ4v) is 2.42. The van der Waals surface area contributed by atoms with Gasteiger partial charge in [0.25, 0.3) is 0 Å². The molecule has 5 heteroatoms. The van der Waals surface area contributed by atoms with Gasteiger partial charge in [0.05, 0.1) is 12.5 Å². The highest BCUT2D eigenvalue weighted by molar-refractivity contribution is 5.94. The molecule has 0 saturated carbocycles. The number of nitrogens with one attached hydrogen (secondary N) is 1. The zero-order valence-electron chi connectivity index (χ0n) is 14.3. The maximum absolute atomic E-state index is 12.5. The van der Waals surface area contributed by atoms with E-state index < -0.39 is 0 Å². The van der Waals surface area contributed by atoms with Gasteiger partial charge in [0, 0.05) is 23.2 Å². The quantitative estimate of drug-likeness (QED) is 0.779. The van der Waals surface area contributed by atoms with Crippen LogP contribution in [0.15, 0.2) is 57.7 Å². The third kappa shape index (κ3) is 3.55. The molecule has 5 nitrogen and oxygen atoms in total. The molecule has 0 saturated heterocycles. The number of ether oxygens (including phenoxy) is 1. The summed E-state index contributed by atoms with van der Waals surface area (Å²) in [6, 6.07) is 13.8. The molecule has 0 unspecified atom stereocenters. The molecule has 3 aromatic rings. The van der Waals surface area contributed by atoms with E-state index in [-0.39, 0.29) is 17.3 Å². The van der Waals surface area contributed by atoms with Gasteiger partial charge in [-0.2, -0.15) is 0 Å². The molecule has 0 spiro atoms. The zero-order valence-corrected chi connectivity index (χ0v) is 14.3. The van der Waals surface area contributed by atoms with Crippen LogP contribution in [-0.2, 0) is 4.79 Å². The van der Waals surface area contributed by atoms with Crippen LogP contribution in [0.1, 0.15) is 13.8 Å². The number of amides is 1. The number of anilines is 1. The Bertz CT molecular complexity index is 971. The first-order chi connectivity index (χ1) is 12.0. The topological polar surface area (TPSA) is 68.5 Å². The van der Waals surface area contributed by atoms with Crippen molar-refractivity contribution in [2.75, 3.05) is 12.4 Å². The Kier molecular flexibility index (Phi) is 4.57. The third-order valence-corrected chi connectivity index (χ3v) is 3.89. The van der Waals surface area contributed by atoms with Gasteiger partial charge in [-0.05, 0) is 42.5 Å². The van der Waals surface area contributed by atoms with E-state index in [0.717, 1.165) is 11.3 Å².